The van der Waals surface area contributed by atoms with Crippen molar-refractivity contribution in [2.75, 3.05) is 31.1 Å². The molecule has 3 aromatic rings. The predicted octanol–water partition coefficient (Wildman–Crippen LogP) is 2.43. The maximum Gasteiger partial charge on any atom is 0.318 e. The number of halogens is 2. The molecule has 4 N–H and O–H groups in total. The van der Waals surface area contributed by atoms with Crippen molar-refractivity contribution >= 4 is 18.2 Å². The first-order chi connectivity index (χ1) is 17.8. The van der Waals surface area contributed by atoms with Gasteiger partial charge in [0, 0.05) is 43.9 Å². The fraction of sp³-hybridized carbons (Fsp3) is 0.333. The molecule has 0 radical (unpaired) electrons. The van der Waals surface area contributed by atoms with E-state index in [4.69, 9.17) is 10.7 Å². The molecular weight excluding hydrogens is 484 g/mol. The third-order valence-electron chi connectivity index (χ3n) is 6.09. The zero-order valence-corrected chi connectivity index (χ0v) is 20.0. The van der Waals surface area contributed by atoms with Crippen LogP contribution in [0.1, 0.15) is 35.0 Å². The van der Waals surface area contributed by atoms with Gasteiger partial charge in [0.1, 0.15) is 11.5 Å². The Morgan fingerprint density at radius 2 is 2.08 bits per heavy atom. The minimum absolute atomic E-state index is 0.0294. The Balaban J connectivity index is 1.45. The molecule has 2 aromatic heterocycles. The van der Waals surface area contributed by atoms with Crippen molar-refractivity contribution in [2.45, 2.75) is 26.0 Å². The van der Waals surface area contributed by atoms with Gasteiger partial charge in [-0.1, -0.05) is 0 Å². The lowest BCUT2D eigenvalue weighted by Crippen LogP contribution is -2.52. The Bertz CT molecular complexity index is 1350. The molecule has 3 heterocycles. The summed E-state index contributed by atoms with van der Waals surface area (Å²) in [5.74, 6) is -0.955. The Hall–Kier alpha value is -4.44. The lowest BCUT2D eigenvalue weighted by Gasteiger charge is -2.35. The molecule has 11 nitrogen and oxygen atoms in total. The van der Waals surface area contributed by atoms with Gasteiger partial charge in [0.15, 0.2) is 5.82 Å². The number of amides is 2. The Morgan fingerprint density at radius 3 is 2.76 bits per heavy atom. The number of aliphatic hydroxyl groups is 1. The topological polar surface area (TPSA) is 158 Å². The number of benzene rings is 1. The molecule has 0 spiro atoms. The zero-order valence-electron chi connectivity index (χ0n) is 20.0. The summed E-state index contributed by atoms with van der Waals surface area (Å²) >= 11 is 0. The number of rotatable bonds is 7. The number of urea groups is 1. The van der Waals surface area contributed by atoms with Crippen LogP contribution in [0, 0.1) is 35.3 Å². The van der Waals surface area contributed by atoms with E-state index in [-0.39, 0.29) is 35.9 Å². The summed E-state index contributed by atoms with van der Waals surface area (Å²) in [6.07, 6.45) is 2.32. The summed E-state index contributed by atoms with van der Waals surface area (Å²) in [6.45, 7) is 2.72. The van der Waals surface area contributed by atoms with Gasteiger partial charge in [-0.15, -0.1) is 0 Å². The van der Waals surface area contributed by atoms with E-state index in [1.165, 1.54) is 12.1 Å². The van der Waals surface area contributed by atoms with E-state index in [0.717, 1.165) is 18.5 Å². The molecule has 1 aliphatic rings. The molecule has 0 bridgehead atoms. The van der Waals surface area contributed by atoms with E-state index in [1.807, 2.05) is 11.0 Å². The normalized spacial score (nSPS) is 14.2. The minimum atomic E-state index is -0.673. The lowest BCUT2D eigenvalue weighted by atomic mass is 10.0. The van der Waals surface area contributed by atoms with Crippen molar-refractivity contribution in [2.24, 2.45) is 0 Å². The second-order valence-corrected chi connectivity index (χ2v) is 8.50. The number of aryl methyl sites for hydroxylation is 1. The number of aliphatic hydroxyl groups excluding tert-OH is 1. The molecule has 1 aliphatic heterocycles. The standard InChI is InChI=1S/C24H25F2N9O2/c1-14-21(20(13-36)33-32-14)22-18(26)12-29-23(31-22)34-4-6-35(7-5-34)24(37)30-19(2-3-27)16-8-15(11-28)9-17(25)10-16/h3,8-10,12,19,27,36H,2,4-7,13H2,1H3,(H,30,37)(H,32,33)/t19-/m0/s1. The van der Waals surface area contributed by atoms with Crippen LogP contribution in [0.2, 0.25) is 0 Å². The number of nitrogens with zero attached hydrogens (tertiary/aromatic N) is 6. The molecule has 37 heavy (non-hydrogen) atoms. The number of nitriles is 1. The number of H-pyrrole nitrogens is 1. The molecule has 4 rings (SSSR count). The Kier molecular flexibility index (Phi) is 7.69. The molecule has 0 saturated carbocycles. The van der Waals surface area contributed by atoms with Gasteiger partial charge < -0.3 is 25.6 Å². The summed E-state index contributed by atoms with van der Waals surface area (Å²) < 4.78 is 28.5. The first kappa shape index (κ1) is 25.6. The molecule has 1 saturated heterocycles. The Morgan fingerprint density at radius 1 is 1.32 bits per heavy atom. The van der Waals surface area contributed by atoms with Crippen LogP contribution < -0.4 is 10.2 Å². The highest BCUT2D eigenvalue weighted by atomic mass is 19.1. The molecule has 0 unspecified atom stereocenters. The second kappa shape index (κ2) is 11.1. The summed E-state index contributed by atoms with van der Waals surface area (Å²) in [5.41, 5.74) is 1.79. The number of nitrogens with one attached hydrogen (secondary N) is 3. The third kappa shape index (κ3) is 5.54. The highest BCUT2D eigenvalue weighted by molar-refractivity contribution is 5.76. The Labute approximate surface area is 211 Å². The smallest absolute Gasteiger partial charge is 0.318 e. The quantitative estimate of drug-likeness (QED) is 0.356. The van der Waals surface area contributed by atoms with Gasteiger partial charge in [-0.05, 0) is 36.9 Å². The highest BCUT2D eigenvalue weighted by Gasteiger charge is 2.26. The monoisotopic (exact) mass is 509 g/mol. The number of carbonyl (C=O) groups excluding carboxylic acids is 1. The second-order valence-electron chi connectivity index (χ2n) is 8.50. The average molecular weight is 510 g/mol. The average Bonchev–Trinajstić information content (AvgIpc) is 3.28. The maximum atomic E-state index is 14.6. The van der Waals surface area contributed by atoms with Crippen LogP contribution in [0.5, 0.6) is 0 Å². The van der Waals surface area contributed by atoms with E-state index < -0.39 is 23.7 Å². The van der Waals surface area contributed by atoms with Crippen LogP contribution in [-0.4, -0.2) is 68.6 Å². The van der Waals surface area contributed by atoms with Gasteiger partial charge >= 0.3 is 6.03 Å². The van der Waals surface area contributed by atoms with Crippen LogP contribution in [0.4, 0.5) is 19.5 Å². The number of anilines is 1. The molecule has 1 aromatic carbocycles. The SMILES string of the molecule is Cc1[nH]nc(CO)c1-c1nc(N2CCN(C(=O)N[C@@H](CC=N)c3cc(F)cc(C#N)c3)CC2)ncc1F. The van der Waals surface area contributed by atoms with Crippen LogP contribution in [-0.2, 0) is 6.61 Å². The predicted molar refractivity (Wildman–Crippen MR) is 130 cm³/mol. The molecule has 13 heteroatoms. The minimum Gasteiger partial charge on any atom is -0.390 e. The van der Waals surface area contributed by atoms with E-state index in [2.05, 4.69) is 25.5 Å². The van der Waals surface area contributed by atoms with Gasteiger partial charge in [0.25, 0.3) is 0 Å². The largest absolute Gasteiger partial charge is 0.390 e. The summed E-state index contributed by atoms with van der Waals surface area (Å²) in [6, 6.07) is 4.65. The van der Waals surface area contributed by atoms with Crippen molar-refractivity contribution in [3.63, 3.8) is 0 Å². The van der Waals surface area contributed by atoms with Crippen molar-refractivity contribution in [1.29, 1.82) is 10.7 Å². The summed E-state index contributed by atoms with van der Waals surface area (Å²) in [5, 5.41) is 35.6. The highest BCUT2D eigenvalue weighted by Crippen LogP contribution is 2.28. The van der Waals surface area contributed by atoms with Gasteiger partial charge in [-0.2, -0.15) is 10.4 Å². The van der Waals surface area contributed by atoms with Gasteiger partial charge in [0.2, 0.25) is 5.95 Å². The van der Waals surface area contributed by atoms with E-state index in [0.29, 0.717) is 43.0 Å². The molecule has 0 aliphatic carbocycles. The zero-order chi connectivity index (χ0) is 26.5. The van der Waals surface area contributed by atoms with Gasteiger partial charge in [0.05, 0.1) is 36.2 Å². The van der Waals surface area contributed by atoms with Crippen LogP contribution >= 0.6 is 0 Å². The first-order valence-electron chi connectivity index (χ1n) is 11.5. The van der Waals surface area contributed by atoms with Crippen molar-refractivity contribution < 1.29 is 18.7 Å². The fourth-order valence-electron chi connectivity index (χ4n) is 4.22. The number of carbonyl (C=O) groups is 1. The molecule has 192 valence electrons. The number of aromatic amines is 1. The molecule has 1 fully saturated rings. The maximum absolute atomic E-state index is 14.6. The van der Waals surface area contributed by atoms with Crippen molar-refractivity contribution in [3.8, 4) is 17.3 Å². The van der Waals surface area contributed by atoms with Crippen LogP contribution in [0.25, 0.3) is 11.3 Å². The molecular formula is C24H25F2N9O2. The van der Waals surface area contributed by atoms with Gasteiger partial charge in [-0.3, -0.25) is 5.10 Å². The lowest BCUT2D eigenvalue weighted by molar-refractivity contribution is 0.190. The first-order valence-corrected chi connectivity index (χ1v) is 11.5. The van der Waals surface area contributed by atoms with Crippen molar-refractivity contribution in [1.82, 2.24) is 30.4 Å². The van der Waals surface area contributed by atoms with Crippen LogP contribution in [0.3, 0.4) is 0 Å². The van der Waals surface area contributed by atoms with Crippen molar-refractivity contribution in [3.05, 3.63) is 58.5 Å². The number of hydrogen-bond acceptors (Lipinski definition) is 8. The van der Waals surface area contributed by atoms with Crippen LogP contribution in [0.15, 0.2) is 24.4 Å². The number of hydrogen-bond donors (Lipinski definition) is 4. The summed E-state index contributed by atoms with van der Waals surface area (Å²) in [4.78, 5) is 24.8. The molecule has 2 amide bonds. The van der Waals surface area contributed by atoms with E-state index in [9.17, 15) is 18.7 Å². The van der Waals surface area contributed by atoms with E-state index >= 15 is 0 Å². The molecule has 1 atom stereocenters. The van der Waals surface area contributed by atoms with E-state index in [1.54, 1.807) is 11.8 Å². The summed E-state index contributed by atoms with van der Waals surface area (Å²) in [7, 11) is 0. The fourth-order valence-corrected chi connectivity index (χ4v) is 4.22. The van der Waals surface area contributed by atoms with Gasteiger partial charge in [-0.25, -0.2) is 23.5 Å². The number of aromatic nitrogens is 4. The number of piperazine rings is 1. The third-order valence-corrected chi connectivity index (χ3v) is 6.09.